The second-order valence-corrected chi connectivity index (χ2v) is 7.43. The minimum Gasteiger partial charge on any atom is -0.332 e. The molecule has 0 aliphatic carbocycles. The summed E-state index contributed by atoms with van der Waals surface area (Å²) in [5, 5.41) is 2.83. The molecule has 132 valence electrons. The molecule has 2 fully saturated rings. The largest absolute Gasteiger partial charge is 0.332 e. The molecule has 2 aliphatic heterocycles. The van der Waals surface area contributed by atoms with Crippen molar-refractivity contribution in [2.45, 2.75) is 45.1 Å². The number of nitrogens with one attached hydrogen (secondary N) is 3. The molecule has 2 aliphatic rings. The molecule has 3 N–H and O–H groups in total. The van der Waals surface area contributed by atoms with Crippen molar-refractivity contribution in [1.82, 2.24) is 0 Å². The van der Waals surface area contributed by atoms with E-state index in [-0.39, 0.29) is 11.7 Å². The van der Waals surface area contributed by atoms with Crippen molar-refractivity contribution in [3.8, 4) is 0 Å². The molecule has 0 saturated carbocycles. The van der Waals surface area contributed by atoms with Crippen molar-refractivity contribution in [3.63, 3.8) is 0 Å². The van der Waals surface area contributed by atoms with Gasteiger partial charge >= 0.3 is 0 Å². The van der Waals surface area contributed by atoms with Gasteiger partial charge in [0, 0.05) is 18.5 Å². The van der Waals surface area contributed by atoms with E-state index < -0.39 is 0 Å². The van der Waals surface area contributed by atoms with Gasteiger partial charge in [-0.15, -0.1) is 0 Å². The maximum atomic E-state index is 13.5. The fraction of sp³-hybridized carbons (Fsp3) is 0.632. The summed E-state index contributed by atoms with van der Waals surface area (Å²) in [6.07, 6.45) is 6.58. The van der Waals surface area contributed by atoms with Crippen molar-refractivity contribution < 1.29 is 19.0 Å². The molecule has 1 aromatic carbocycles. The fourth-order valence-corrected chi connectivity index (χ4v) is 4.13. The predicted octanol–water partition coefficient (Wildman–Crippen LogP) is 0.189. The third kappa shape index (κ3) is 4.54. The van der Waals surface area contributed by atoms with Gasteiger partial charge in [-0.25, -0.2) is 4.39 Å². The number of aryl methyl sites for hydroxylation is 1. The number of carbonyl (C=O) groups is 1. The summed E-state index contributed by atoms with van der Waals surface area (Å²) in [5.74, 6) is -0.289. The number of rotatable bonds is 4. The molecule has 0 radical (unpaired) electrons. The quantitative estimate of drug-likeness (QED) is 0.722. The number of piperidine rings is 2. The number of quaternary nitrogens is 2. The molecule has 5 heteroatoms. The third-order valence-electron chi connectivity index (χ3n) is 5.63. The average molecular weight is 335 g/mol. The maximum absolute atomic E-state index is 13.5. The van der Waals surface area contributed by atoms with E-state index >= 15 is 0 Å². The van der Waals surface area contributed by atoms with Crippen LogP contribution in [-0.4, -0.2) is 44.7 Å². The Morgan fingerprint density at radius 1 is 1.17 bits per heavy atom. The van der Waals surface area contributed by atoms with Crippen LogP contribution >= 0.6 is 0 Å². The van der Waals surface area contributed by atoms with Crippen molar-refractivity contribution in [1.29, 1.82) is 0 Å². The highest BCUT2D eigenvalue weighted by molar-refractivity contribution is 5.91. The van der Waals surface area contributed by atoms with E-state index in [9.17, 15) is 9.18 Å². The summed E-state index contributed by atoms with van der Waals surface area (Å²) >= 11 is 0. The Kier molecular flexibility index (Phi) is 5.85. The summed E-state index contributed by atoms with van der Waals surface area (Å²) in [5.41, 5.74) is 1.15. The second-order valence-electron chi connectivity index (χ2n) is 7.43. The number of carbonyl (C=O) groups excluding carboxylic acids is 1. The second kappa shape index (κ2) is 8.08. The minimum absolute atomic E-state index is 0.0166. The summed E-state index contributed by atoms with van der Waals surface area (Å²) in [4.78, 5) is 15.3. The topological polar surface area (TPSA) is 38.0 Å². The number of hydrogen-bond donors (Lipinski definition) is 3. The van der Waals surface area contributed by atoms with Crippen LogP contribution in [0.1, 0.15) is 37.7 Å². The molecule has 2 heterocycles. The van der Waals surface area contributed by atoms with Crippen molar-refractivity contribution in [2.24, 2.45) is 0 Å². The van der Waals surface area contributed by atoms with E-state index in [1.54, 1.807) is 24.0 Å². The first kappa shape index (κ1) is 17.4. The number of amides is 1. The molecule has 0 unspecified atom stereocenters. The van der Waals surface area contributed by atoms with Gasteiger partial charge in [0.1, 0.15) is 5.82 Å². The zero-order valence-corrected chi connectivity index (χ0v) is 14.7. The highest BCUT2D eigenvalue weighted by Gasteiger charge is 2.31. The molecular formula is C19H30FN3O+2. The van der Waals surface area contributed by atoms with Crippen LogP contribution < -0.4 is 15.1 Å². The third-order valence-corrected chi connectivity index (χ3v) is 5.63. The van der Waals surface area contributed by atoms with Crippen LogP contribution in [0, 0.1) is 12.7 Å². The van der Waals surface area contributed by atoms with E-state index in [4.69, 9.17) is 0 Å². The summed E-state index contributed by atoms with van der Waals surface area (Å²) in [6.45, 7) is 7.02. The Morgan fingerprint density at radius 2 is 1.88 bits per heavy atom. The molecule has 0 bridgehead atoms. The van der Waals surface area contributed by atoms with Crippen LogP contribution in [0.3, 0.4) is 0 Å². The van der Waals surface area contributed by atoms with Crippen LogP contribution in [0.5, 0.6) is 0 Å². The minimum atomic E-state index is -0.273. The van der Waals surface area contributed by atoms with Crippen LogP contribution in [0.2, 0.25) is 0 Å². The van der Waals surface area contributed by atoms with E-state index in [0.29, 0.717) is 17.8 Å². The van der Waals surface area contributed by atoms with E-state index in [1.165, 1.54) is 56.2 Å². The van der Waals surface area contributed by atoms with Crippen molar-refractivity contribution in [3.05, 3.63) is 29.6 Å². The summed E-state index contributed by atoms with van der Waals surface area (Å²) in [6, 6.07) is 5.65. The molecule has 24 heavy (non-hydrogen) atoms. The zero-order valence-electron chi connectivity index (χ0n) is 14.7. The number of likely N-dealkylation sites (tertiary alicyclic amines) is 2. The number of halogens is 1. The van der Waals surface area contributed by atoms with Gasteiger partial charge in [0.2, 0.25) is 0 Å². The Morgan fingerprint density at radius 3 is 2.54 bits per heavy atom. The molecule has 2 saturated heterocycles. The van der Waals surface area contributed by atoms with E-state index in [2.05, 4.69) is 5.32 Å². The lowest BCUT2D eigenvalue weighted by Crippen LogP contribution is -3.21. The lowest BCUT2D eigenvalue weighted by Gasteiger charge is -2.35. The van der Waals surface area contributed by atoms with Crippen LogP contribution in [0.4, 0.5) is 10.1 Å². The number of anilines is 1. The van der Waals surface area contributed by atoms with Crippen LogP contribution in [-0.2, 0) is 4.79 Å². The highest BCUT2D eigenvalue weighted by Crippen LogP contribution is 2.13. The van der Waals surface area contributed by atoms with Gasteiger partial charge in [0.25, 0.3) is 5.91 Å². The Labute approximate surface area is 144 Å². The van der Waals surface area contributed by atoms with Gasteiger partial charge in [0.15, 0.2) is 6.54 Å². The van der Waals surface area contributed by atoms with Gasteiger partial charge in [-0.3, -0.25) is 4.79 Å². The molecule has 4 nitrogen and oxygen atoms in total. The molecular weight excluding hydrogens is 305 g/mol. The Bertz CT molecular complexity index is 564. The predicted molar refractivity (Wildman–Crippen MR) is 92.9 cm³/mol. The average Bonchev–Trinajstić information content (AvgIpc) is 2.59. The van der Waals surface area contributed by atoms with Gasteiger partial charge in [-0.2, -0.15) is 0 Å². The monoisotopic (exact) mass is 335 g/mol. The lowest BCUT2D eigenvalue weighted by molar-refractivity contribution is -0.958. The highest BCUT2D eigenvalue weighted by atomic mass is 19.1. The maximum Gasteiger partial charge on any atom is 0.279 e. The van der Waals surface area contributed by atoms with Gasteiger partial charge in [0.05, 0.1) is 32.2 Å². The first-order valence-corrected chi connectivity index (χ1v) is 9.36. The molecule has 3 rings (SSSR count). The van der Waals surface area contributed by atoms with Crippen LogP contribution in [0.25, 0.3) is 0 Å². The molecule has 1 aromatic rings. The van der Waals surface area contributed by atoms with Crippen molar-refractivity contribution >= 4 is 11.6 Å². The Hall–Kier alpha value is -1.46. The molecule has 0 atom stereocenters. The standard InChI is InChI=1S/C19H28FN3O/c1-15-5-6-16(13-18(15)20)21-19(24)14-22-11-7-17(8-12-22)23-9-3-2-4-10-23/h5-6,13,17H,2-4,7-12,14H2,1H3,(H,21,24)/p+2. The first-order chi connectivity index (χ1) is 11.6. The number of benzene rings is 1. The first-order valence-electron chi connectivity index (χ1n) is 9.36. The fourth-order valence-electron chi connectivity index (χ4n) is 4.13. The lowest BCUT2D eigenvalue weighted by atomic mass is 10.00. The zero-order chi connectivity index (χ0) is 16.9. The van der Waals surface area contributed by atoms with E-state index in [0.717, 1.165) is 19.1 Å². The molecule has 1 amide bonds. The summed E-state index contributed by atoms with van der Waals surface area (Å²) in [7, 11) is 0. The molecule has 0 spiro atoms. The van der Waals surface area contributed by atoms with Gasteiger partial charge in [-0.05, 0) is 43.9 Å². The SMILES string of the molecule is Cc1ccc(NC(=O)C[NH+]2CCC([NH+]3CCCCC3)CC2)cc1F. The van der Waals surface area contributed by atoms with Gasteiger partial charge < -0.3 is 15.1 Å². The number of hydrogen-bond acceptors (Lipinski definition) is 1. The van der Waals surface area contributed by atoms with Gasteiger partial charge in [-0.1, -0.05) is 6.07 Å². The van der Waals surface area contributed by atoms with Crippen molar-refractivity contribution in [2.75, 3.05) is 38.0 Å². The Balaban J connectivity index is 1.43. The van der Waals surface area contributed by atoms with Crippen LogP contribution in [0.15, 0.2) is 18.2 Å². The molecule has 0 aromatic heterocycles. The normalized spacial score (nSPS) is 25.4. The smallest absolute Gasteiger partial charge is 0.279 e. The van der Waals surface area contributed by atoms with E-state index in [1.807, 2.05) is 0 Å². The summed E-state index contributed by atoms with van der Waals surface area (Å²) < 4.78 is 13.5.